The van der Waals surface area contributed by atoms with Crippen LogP contribution in [0, 0.1) is 0 Å². The molecule has 1 aromatic rings. The Bertz CT molecular complexity index is 529. The van der Waals surface area contributed by atoms with E-state index in [2.05, 4.69) is 5.32 Å². The molecule has 0 aliphatic rings. The third kappa shape index (κ3) is 5.42. The highest BCUT2D eigenvalue weighted by molar-refractivity contribution is 7.62. The molecule has 0 heterocycles. The lowest BCUT2D eigenvalue weighted by Crippen LogP contribution is -2.38. The molecule has 0 aromatic heterocycles. The first kappa shape index (κ1) is 18.6. The van der Waals surface area contributed by atoms with Crippen LogP contribution in [-0.2, 0) is 9.36 Å². The molecule has 0 aliphatic heterocycles. The van der Waals surface area contributed by atoms with Gasteiger partial charge in [0.1, 0.15) is 12.9 Å². The number of hydrogen-bond acceptors (Lipinski definition) is 6. The van der Waals surface area contributed by atoms with Crippen molar-refractivity contribution in [2.24, 2.45) is 0 Å². The summed E-state index contributed by atoms with van der Waals surface area (Å²) < 4.78 is 17.5. The monoisotopic (exact) mass is 330 g/mol. The molecule has 0 fully saturated rings. The molecule has 1 unspecified atom stereocenters. The van der Waals surface area contributed by atoms with Crippen LogP contribution in [0.15, 0.2) is 24.3 Å². The second kappa shape index (κ2) is 8.29. The molecule has 124 valence electrons. The second-order valence-electron chi connectivity index (χ2n) is 5.23. The van der Waals surface area contributed by atoms with Gasteiger partial charge in [0.2, 0.25) is 0 Å². The van der Waals surface area contributed by atoms with Crippen LogP contribution < -0.4 is 10.1 Å². The number of methoxy groups -OCH3 is 1. The molecule has 22 heavy (non-hydrogen) atoms. The number of aliphatic hydroxyl groups is 1. The Balaban J connectivity index is 2.82. The van der Waals surface area contributed by atoms with Gasteiger partial charge in [0.15, 0.2) is 0 Å². The third-order valence-corrected chi connectivity index (χ3v) is 4.82. The lowest BCUT2D eigenvalue weighted by molar-refractivity contribution is -0.165. The first-order valence-electron chi connectivity index (χ1n) is 6.81. The van der Waals surface area contributed by atoms with Crippen LogP contribution in [0.3, 0.4) is 0 Å². The summed E-state index contributed by atoms with van der Waals surface area (Å²) in [6.07, 6.45) is 0. The lowest BCUT2D eigenvalue weighted by atomic mass is 10.2. The number of nitrogens with zero attached hydrogens (tertiary/aromatic N) is 1. The van der Waals surface area contributed by atoms with E-state index in [9.17, 15) is 14.6 Å². The van der Waals surface area contributed by atoms with Gasteiger partial charge in [-0.1, -0.05) is 12.1 Å². The number of hydrogen-bond donors (Lipinski definition) is 3. The Hall–Kier alpha value is -1.40. The molecule has 0 saturated heterocycles. The zero-order valence-corrected chi connectivity index (χ0v) is 13.9. The summed E-state index contributed by atoms with van der Waals surface area (Å²) >= 11 is 0. The summed E-state index contributed by atoms with van der Waals surface area (Å²) in [5.41, 5.74) is 0.772. The van der Waals surface area contributed by atoms with Crippen molar-refractivity contribution in [3.8, 4) is 5.75 Å². The molecule has 0 saturated carbocycles. The summed E-state index contributed by atoms with van der Waals surface area (Å²) in [6, 6.07) is 7.08. The molecular weight excluding hydrogens is 307 g/mol. The summed E-state index contributed by atoms with van der Waals surface area (Å²) in [5, 5.41) is 21.4. The van der Waals surface area contributed by atoms with E-state index in [0.717, 1.165) is 5.56 Å². The fraction of sp³-hybridized carbons (Fsp3) is 0.500. The van der Waals surface area contributed by atoms with E-state index in [1.165, 1.54) is 0 Å². The smallest absolute Gasteiger partial charge is 0.259 e. The van der Waals surface area contributed by atoms with Gasteiger partial charge >= 0.3 is 0 Å². The topological polar surface area (TPSA) is 99.1 Å². The number of carbonyl (C=O) groups is 1. The third-order valence-electron chi connectivity index (χ3n) is 3.10. The normalized spacial score (nSPS) is 12.8. The SMILES string of the molecule is COc1ccc(C(NCC(=O)N(O)CCO)P(C)(C)=O)cc1. The van der Waals surface area contributed by atoms with Gasteiger partial charge in [-0.2, -0.15) is 0 Å². The molecule has 1 rings (SSSR count). The van der Waals surface area contributed by atoms with E-state index in [-0.39, 0.29) is 19.7 Å². The van der Waals surface area contributed by atoms with Gasteiger partial charge in [0.25, 0.3) is 5.91 Å². The highest BCUT2D eigenvalue weighted by atomic mass is 31.2. The lowest BCUT2D eigenvalue weighted by Gasteiger charge is -2.24. The van der Waals surface area contributed by atoms with Crippen LogP contribution in [-0.4, -0.2) is 61.4 Å². The minimum absolute atomic E-state index is 0.163. The van der Waals surface area contributed by atoms with Crippen molar-refractivity contribution < 1.29 is 24.4 Å². The van der Waals surface area contributed by atoms with E-state index in [0.29, 0.717) is 10.8 Å². The number of rotatable bonds is 8. The van der Waals surface area contributed by atoms with Gasteiger partial charge in [-0.25, -0.2) is 5.06 Å². The Kier molecular flexibility index (Phi) is 7.03. The molecule has 1 amide bonds. The van der Waals surface area contributed by atoms with Crippen molar-refractivity contribution in [2.45, 2.75) is 5.78 Å². The van der Waals surface area contributed by atoms with Crippen LogP contribution in [0.1, 0.15) is 11.3 Å². The van der Waals surface area contributed by atoms with Gasteiger partial charge in [-0.15, -0.1) is 0 Å². The van der Waals surface area contributed by atoms with Gasteiger partial charge in [0, 0.05) is 0 Å². The minimum atomic E-state index is -2.58. The van der Waals surface area contributed by atoms with Gasteiger partial charge in [-0.3, -0.25) is 15.3 Å². The standard InChI is InChI=1S/C14H23N2O5P/c1-21-12-6-4-11(5-7-12)14(22(2,3)20)15-10-13(18)16(19)8-9-17/h4-7,14-15,17,19H,8-10H2,1-3H3. The number of aliphatic hydroxyl groups excluding tert-OH is 1. The van der Waals surface area contributed by atoms with Crippen molar-refractivity contribution in [1.29, 1.82) is 0 Å². The largest absolute Gasteiger partial charge is 0.497 e. The Labute approximate surface area is 130 Å². The predicted octanol–water partition coefficient (Wildman–Crippen LogP) is 1.12. The quantitative estimate of drug-likeness (QED) is 0.375. The van der Waals surface area contributed by atoms with Crippen molar-refractivity contribution in [3.63, 3.8) is 0 Å². The summed E-state index contributed by atoms with van der Waals surface area (Å²) in [5.74, 6) is -0.420. The number of benzene rings is 1. The number of ether oxygens (including phenoxy) is 1. The van der Waals surface area contributed by atoms with Crippen molar-refractivity contribution >= 4 is 13.0 Å². The fourth-order valence-corrected chi connectivity index (χ4v) is 3.40. The number of carbonyl (C=O) groups excluding carboxylic acids is 1. The molecular formula is C14H23N2O5P. The number of nitrogens with one attached hydrogen (secondary N) is 1. The Morgan fingerprint density at radius 2 is 1.95 bits per heavy atom. The van der Waals surface area contributed by atoms with Gasteiger partial charge < -0.3 is 14.4 Å². The van der Waals surface area contributed by atoms with E-state index in [4.69, 9.17) is 9.84 Å². The summed E-state index contributed by atoms with van der Waals surface area (Å²) in [6.45, 7) is 2.58. The average Bonchev–Trinajstić information content (AvgIpc) is 2.46. The first-order chi connectivity index (χ1) is 10.3. The highest BCUT2D eigenvalue weighted by Crippen LogP contribution is 2.50. The van der Waals surface area contributed by atoms with E-state index < -0.39 is 18.8 Å². The highest BCUT2D eigenvalue weighted by Gasteiger charge is 2.26. The molecule has 0 aliphatic carbocycles. The predicted molar refractivity (Wildman–Crippen MR) is 83.8 cm³/mol. The molecule has 0 radical (unpaired) electrons. The fourth-order valence-electron chi connectivity index (χ4n) is 1.98. The average molecular weight is 330 g/mol. The van der Waals surface area contributed by atoms with E-state index in [1.807, 2.05) is 0 Å². The van der Waals surface area contributed by atoms with Crippen LogP contribution in [0.4, 0.5) is 0 Å². The molecule has 1 atom stereocenters. The van der Waals surface area contributed by atoms with Crippen LogP contribution in [0.2, 0.25) is 0 Å². The first-order valence-corrected chi connectivity index (χ1v) is 9.48. The van der Waals surface area contributed by atoms with E-state index >= 15 is 0 Å². The molecule has 7 nitrogen and oxygen atoms in total. The number of amides is 1. The zero-order chi connectivity index (χ0) is 16.8. The molecule has 8 heteroatoms. The Morgan fingerprint density at radius 3 is 2.41 bits per heavy atom. The van der Waals surface area contributed by atoms with Crippen molar-refractivity contribution in [1.82, 2.24) is 10.4 Å². The number of hydroxylamine groups is 2. The van der Waals surface area contributed by atoms with Crippen molar-refractivity contribution in [2.75, 3.05) is 40.1 Å². The van der Waals surface area contributed by atoms with E-state index in [1.54, 1.807) is 44.7 Å². The minimum Gasteiger partial charge on any atom is -0.497 e. The van der Waals surface area contributed by atoms with Crippen LogP contribution >= 0.6 is 7.14 Å². The maximum Gasteiger partial charge on any atom is 0.259 e. The van der Waals surface area contributed by atoms with Crippen molar-refractivity contribution in [3.05, 3.63) is 29.8 Å². The summed E-state index contributed by atoms with van der Waals surface area (Å²) in [7, 11) is -1.02. The molecule has 0 bridgehead atoms. The maximum absolute atomic E-state index is 12.5. The van der Waals surface area contributed by atoms with Gasteiger partial charge in [0.05, 0.1) is 32.6 Å². The second-order valence-corrected chi connectivity index (χ2v) is 8.62. The van der Waals surface area contributed by atoms with Gasteiger partial charge in [-0.05, 0) is 31.0 Å². The molecule has 3 N–H and O–H groups in total. The molecule has 1 aromatic carbocycles. The molecule has 0 spiro atoms. The summed E-state index contributed by atoms with van der Waals surface area (Å²) in [4.78, 5) is 11.7. The van der Waals surface area contributed by atoms with Crippen LogP contribution in [0.5, 0.6) is 5.75 Å². The van der Waals surface area contributed by atoms with Crippen LogP contribution in [0.25, 0.3) is 0 Å². The maximum atomic E-state index is 12.5. The Morgan fingerprint density at radius 1 is 1.36 bits per heavy atom. The zero-order valence-electron chi connectivity index (χ0n) is 13.0.